The first-order valence-corrected chi connectivity index (χ1v) is 29.6. The van der Waals surface area contributed by atoms with Crippen LogP contribution < -0.4 is 18.9 Å². The number of halogens is 14. The number of sulfone groups is 1. The summed E-state index contributed by atoms with van der Waals surface area (Å²) in [6.45, 7) is 1.57. The Labute approximate surface area is 534 Å². The highest BCUT2D eigenvalue weighted by atomic mass is 35.5. The van der Waals surface area contributed by atoms with Crippen LogP contribution in [-0.4, -0.2) is 51.8 Å². The Hall–Kier alpha value is -9.57. The highest BCUT2D eigenvalue weighted by Crippen LogP contribution is 2.58. The lowest BCUT2D eigenvalue weighted by Crippen LogP contribution is -2.54. The van der Waals surface area contributed by atoms with Crippen molar-refractivity contribution in [2.75, 3.05) is 7.11 Å². The van der Waals surface area contributed by atoms with Gasteiger partial charge in [0.15, 0.2) is 11.6 Å². The molecule has 0 fully saturated rings. The first kappa shape index (κ1) is 67.8. The van der Waals surface area contributed by atoms with Gasteiger partial charge in [-0.25, -0.2) is 8.42 Å². The zero-order valence-corrected chi connectivity index (χ0v) is 50.4. The highest BCUT2D eigenvalue weighted by molar-refractivity contribution is 7.91. The van der Waals surface area contributed by atoms with Crippen molar-refractivity contribution >= 4 is 44.6 Å². The molecule has 0 aromatic heterocycles. The molecule has 0 heterocycles. The second-order valence-corrected chi connectivity index (χ2v) is 23.4. The van der Waals surface area contributed by atoms with E-state index in [-0.39, 0.29) is 55.9 Å². The molecule has 0 atom stereocenters. The van der Waals surface area contributed by atoms with Crippen molar-refractivity contribution in [1.29, 1.82) is 0 Å². The minimum Gasteiger partial charge on any atom is -0.497 e. The van der Waals surface area contributed by atoms with E-state index in [0.29, 0.717) is 67.9 Å². The molecule has 0 aliphatic heterocycles. The molecule has 10 aromatic rings. The van der Waals surface area contributed by atoms with Crippen molar-refractivity contribution in [2.45, 2.75) is 52.2 Å². The number of hydrogen-bond donors (Lipinski definition) is 0. The van der Waals surface area contributed by atoms with E-state index < -0.39 is 67.6 Å². The molecule has 93 heavy (non-hydrogen) atoms. The Morgan fingerprint density at radius 1 is 0.312 bits per heavy atom. The molecule has 0 radical (unpaired) electrons. The van der Waals surface area contributed by atoms with Crippen molar-refractivity contribution in [3.63, 3.8) is 0 Å². The van der Waals surface area contributed by atoms with Crippen LogP contribution >= 0.6 is 23.2 Å². The third-order valence-corrected chi connectivity index (χ3v) is 17.0. The van der Waals surface area contributed by atoms with Crippen molar-refractivity contribution in [1.82, 2.24) is 0 Å². The number of hydrogen-bond acceptors (Lipinski definition) is 8. The topological polar surface area (TPSA) is 105 Å². The number of ether oxygens (including phenoxy) is 4. The fourth-order valence-electron chi connectivity index (χ4n) is 9.96. The third-order valence-electron chi connectivity index (χ3n) is 14.7. The number of alkyl halides is 12. The minimum atomic E-state index is -5.84. The van der Waals surface area contributed by atoms with E-state index in [0.717, 1.165) is 60.7 Å². The number of rotatable bonds is 17. The van der Waals surface area contributed by atoms with Gasteiger partial charge in [-0.15, -0.1) is 0 Å². The second kappa shape index (κ2) is 26.9. The number of carbonyl (C=O) groups is 2. The number of aryl methyl sites for hydroxylation is 1. The van der Waals surface area contributed by atoms with Crippen molar-refractivity contribution < 1.29 is 89.6 Å². The van der Waals surface area contributed by atoms with Gasteiger partial charge in [-0.3, -0.25) is 9.59 Å². The quantitative estimate of drug-likeness (QED) is 0.0656. The number of benzene rings is 10. The molecule has 0 aliphatic rings. The first-order valence-electron chi connectivity index (χ1n) is 27.3. The second-order valence-electron chi connectivity index (χ2n) is 20.6. The Bertz CT molecular complexity index is 4310. The van der Waals surface area contributed by atoms with Crippen molar-refractivity contribution in [3.8, 4) is 40.2 Å². The SMILES string of the molecule is COc1ccc(S(=O)(=O)c2ccc(Oc3ccc(C(c4ccc(Oc5ccc(C(=O)c6ccc(Cl)cc6)cc5)cc4)(C(F)(F)F)C(F)(F)F)cc3)cc2)cc1.Cc1ccc(C(c2ccc(Oc3ccc(C(=O)c4ccc(Cl)cc4)cc3)cc2)(C(F)(F)F)C(F)(F)F)cc1. The predicted molar refractivity (Wildman–Crippen MR) is 324 cm³/mol. The Kier molecular flexibility index (Phi) is 19.6. The largest absolute Gasteiger partial charge is 0.497 e. The summed E-state index contributed by atoms with van der Waals surface area (Å²) in [5.41, 5.74) is -10.8. The average Bonchev–Trinajstić information content (AvgIpc) is 0.726. The van der Waals surface area contributed by atoms with Crippen LogP contribution in [0, 0.1) is 6.92 Å². The van der Waals surface area contributed by atoms with Gasteiger partial charge in [0.25, 0.3) is 0 Å². The maximum atomic E-state index is 14.8. The van der Waals surface area contributed by atoms with Crippen LogP contribution in [0.5, 0.6) is 40.2 Å². The first-order chi connectivity index (χ1) is 43.8. The summed E-state index contributed by atoms with van der Waals surface area (Å²) in [5.74, 6) is 0.280. The molecule has 0 bridgehead atoms. The number of ketones is 2. The van der Waals surface area contributed by atoms with E-state index in [9.17, 15) is 70.7 Å². The van der Waals surface area contributed by atoms with Crippen LogP contribution in [0.25, 0.3) is 0 Å². The lowest BCUT2D eigenvalue weighted by atomic mass is 9.72. The maximum absolute atomic E-state index is 14.8. The Morgan fingerprint density at radius 3 is 0.753 bits per heavy atom. The predicted octanol–water partition coefficient (Wildman–Crippen LogP) is 20.5. The minimum absolute atomic E-state index is 0.00707. The van der Waals surface area contributed by atoms with Crippen molar-refractivity contribution in [2.24, 2.45) is 0 Å². The van der Waals surface area contributed by atoms with Gasteiger partial charge in [0, 0.05) is 32.3 Å². The molecule has 8 nitrogen and oxygen atoms in total. The molecule has 0 unspecified atom stereocenters. The average molecular weight is 1350 g/mol. The number of carbonyl (C=O) groups excluding carboxylic acids is 2. The third kappa shape index (κ3) is 14.4. The van der Waals surface area contributed by atoms with Gasteiger partial charge in [-0.1, -0.05) is 89.4 Å². The lowest BCUT2D eigenvalue weighted by Gasteiger charge is -2.38. The van der Waals surface area contributed by atoms with Crippen LogP contribution in [0.1, 0.15) is 59.7 Å². The maximum Gasteiger partial charge on any atom is 0.411 e. The van der Waals surface area contributed by atoms with Gasteiger partial charge >= 0.3 is 24.7 Å². The monoisotopic (exact) mass is 1340 g/mol. The van der Waals surface area contributed by atoms with E-state index in [4.69, 9.17) is 42.1 Å². The van der Waals surface area contributed by atoms with Crippen LogP contribution in [0.4, 0.5) is 52.7 Å². The summed E-state index contributed by atoms with van der Waals surface area (Å²) in [6, 6.07) is 49.5. The van der Waals surface area contributed by atoms with E-state index in [2.05, 4.69) is 0 Å². The Morgan fingerprint density at radius 2 is 0.516 bits per heavy atom. The molecule has 0 aliphatic carbocycles. The van der Waals surface area contributed by atoms with Gasteiger partial charge in [-0.05, 0) is 211 Å². The van der Waals surface area contributed by atoms with Gasteiger partial charge in [-0.2, -0.15) is 52.7 Å². The molecule has 478 valence electrons. The summed E-state index contributed by atoms with van der Waals surface area (Å²) >= 11 is 11.7. The summed E-state index contributed by atoms with van der Waals surface area (Å²) in [6.07, 6.45) is -23.0. The standard InChI is InChI=1S/C41H27ClF6O6S.C29H19ClF6O2/c1-52-31-18-22-36(23-19-31)55(50,51)37-24-20-35(21-25-37)54-34-16-8-29(9-17-34)39(40(43,44)45,41(46,47)48)28-6-14-33(15-7-28)53-32-12-4-27(5-13-32)38(49)26-2-10-30(42)11-3-26;1-18-2-8-21(9-3-18)27(28(31,32)33,29(34,35)36)22-10-16-25(17-11-22)38-24-14-6-20(7-15-24)26(37)19-4-12-23(30)13-5-19/h2-25H,1H3;2-17H,1H3. The van der Waals surface area contributed by atoms with Crippen LogP contribution in [0.3, 0.4) is 0 Å². The molecule has 0 amide bonds. The fourth-order valence-corrected chi connectivity index (χ4v) is 11.5. The molecular weight excluding hydrogens is 1300 g/mol. The molecular formula is C70H46Cl2F12O8S. The summed E-state index contributed by atoms with van der Waals surface area (Å²) in [7, 11) is -2.47. The van der Waals surface area contributed by atoms with Gasteiger partial charge in [0.1, 0.15) is 40.2 Å². The summed E-state index contributed by atoms with van der Waals surface area (Å²) < 4.78 is 222. The molecule has 10 aromatic carbocycles. The van der Waals surface area contributed by atoms with E-state index >= 15 is 0 Å². The summed E-state index contributed by atoms with van der Waals surface area (Å²) in [4.78, 5) is 25.3. The van der Waals surface area contributed by atoms with Crippen LogP contribution in [0.15, 0.2) is 252 Å². The smallest absolute Gasteiger partial charge is 0.411 e. The zero-order valence-electron chi connectivity index (χ0n) is 48.1. The Balaban J connectivity index is 0.000000235. The van der Waals surface area contributed by atoms with E-state index in [1.54, 1.807) is 55.5 Å². The van der Waals surface area contributed by atoms with E-state index in [1.165, 1.54) is 116 Å². The van der Waals surface area contributed by atoms with Gasteiger partial charge in [0.05, 0.1) is 16.9 Å². The molecule has 0 saturated carbocycles. The highest BCUT2D eigenvalue weighted by Gasteiger charge is 2.73. The fraction of sp³-hybridized carbons (Fsp3) is 0.114. The van der Waals surface area contributed by atoms with E-state index in [1.807, 2.05) is 0 Å². The normalized spacial score (nSPS) is 12.3. The lowest BCUT2D eigenvalue weighted by molar-refractivity contribution is -0.290. The number of methoxy groups -OCH3 is 1. The molecule has 0 spiro atoms. The van der Waals surface area contributed by atoms with Gasteiger partial charge in [0.2, 0.25) is 20.7 Å². The molecule has 0 saturated heterocycles. The van der Waals surface area contributed by atoms with Crippen LogP contribution in [-0.2, 0) is 20.7 Å². The summed E-state index contributed by atoms with van der Waals surface area (Å²) in [5, 5.41) is 0.943. The zero-order chi connectivity index (χ0) is 67.3. The van der Waals surface area contributed by atoms with Crippen LogP contribution in [0.2, 0.25) is 10.0 Å². The molecule has 0 N–H and O–H groups in total. The molecule has 10 rings (SSSR count). The van der Waals surface area contributed by atoms with Crippen molar-refractivity contribution in [3.05, 3.63) is 303 Å². The van der Waals surface area contributed by atoms with Gasteiger partial charge < -0.3 is 18.9 Å². The molecule has 23 heteroatoms.